The lowest BCUT2D eigenvalue weighted by Crippen LogP contribution is -2.40. The van der Waals surface area contributed by atoms with E-state index in [1.54, 1.807) is 12.4 Å². The molecule has 5 heteroatoms. The normalized spacial score (nSPS) is 17.7. The van der Waals surface area contributed by atoms with Gasteiger partial charge in [-0.3, -0.25) is 9.78 Å². The maximum Gasteiger partial charge on any atom is 0.251 e. The molecule has 0 unspecified atom stereocenters. The number of amides is 1. The summed E-state index contributed by atoms with van der Waals surface area (Å²) < 4.78 is 11.6. The summed E-state index contributed by atoms with van der Waals surface area (Å²) in [7, 11) is 0. The Morgan fingerprint density at radius 3 is 2.77 bits per heavy atom. The Morgan fingerprint density at radius 1 is 1.38 bits per heavy atom. The molecule has 138 valence electrons. The topological polar surface area (TPSA) is 60.5 Å². The third kappa shape index (κ3) is 4.41. The smallest absolute Gasteiger partial charge is 0.251 e. The molecule has 5 nitrogen and oxygen atoms in total. The Labute approximate surface area is 154 Å². The first kappa shape index (κ1) is 18.4. The number of hydrogen-bond donors (Lipinski definition) is 1. The van der Waals surface area contributed by atoms with Crippen LogP contribution in [-0.2, 0) is 11.3 Å². The summed E-state index contributed by atoms with van der Waals surface area (Å²) in [4.78, 5) is 16.7. The molecule has 2 aromatic rings. The van der Waals surface area contributed by atoms with Crippen LogP contribution in [0.15, 0.2) is 36.7 Å². The van der Waals surface area contributed by atoms with E-state index in [2.05, 4.69) is 10.3 Å². The summed E-state index contributed by atoms with van der Waals surface area (Å²) in [6.07, 6.45) is 5.71. The van der Waals surface area contributed by atoms with Crippen molar-refractivity contribution < 1.29 is 14.3 Å². The lowest BCUT2D eigenvalue weighted by atomic mass is 10.0. The van der Waals surface area contributed by atoms with Crippen LogP contribution in [0.2, 0.25) is 0 Å². The van der Waals surface area contributed by atoms with Crippen molar-refractivity contribution in [2.75, 3.05) is 6.61 Å². The highest BCUT2D eigenvalue weighted by Crippen LogP contribution is 2.26. The minimum atomic E-state index is -0.0713. The van der Waals surface area contributed by atoms with E-state index in [0.717, 1.165) is 41.9 Å². The molecule has 2 heterocycles. The van der Waals surface area contributed by atoms with Gasteiger partial charge in [-0.15, -0.1) is 0 Å². The third-order valence-corrected chi connectivity index (χ3v) is 4.71. The van der Waals surface area contributed by atoms with Crippen LogP contribution in [-0.4, -0.2) is 29.6 Å². The number of carbonyl (C=O) groups is 1. The number of aromatic nitrogens is 1. The second-order valence-electron chi connectivity index (χ2n) is 6.90. The number of hydrogen-bond acceptors (Lipinski definition) is 4. The fourth-order valence-electron chi connectivity index (χ4n) is 3.33. The Morgan fingerprint density at radius 2 is 2.15 bits per heavy atom. The first-order valence-corrected chi connectivity index (χ1v) is 9.10. The standard InChI is InChI=1S/C21H26N2O3/c1-14-10-18(21(24)23-16(3)19-7-5-9-25-19)11-15(2)20(14)26-13-17-6-4-8-22-12-17/h4,6,8,10-12,16,19H,5,7,9,13H2,1-3H3,(H,23,24)/t16-,19+/m1/s1. The van der Waals surface area contributed by atoms with Gasteiger partial charge in [-0.05, 0) is 62.9 Å². The molecule has 1 aliphatic heterocycles. The molecule has 2 atom stereocenters. The van der Waals surface area contributed by atoms with Gasteiger partial charge < -0.3 is 14.8 Å². The van der Waals surface area contributed by atoms with E-state index in [4.69, 9.17) is 9.47 Å². The molecule has 0 spiro atoms. The molecule has 26 heavy (non-hydrogen) atoms. The molecule has 0 saturated carbocycles. The van der Waals surface area contributed by atoms with Crippen LogP contribution in [0.3, 0.4) is 0 Å². The van der Waals surface area contributed by atoms with E-state index in [1.807, 2.05) is 45.0 Å². The predicted molar refractivity (Wildman–Crippen MR) is 100 cm³/mol. The lowest BCUT2D eigenvalue weighted by Gasteiger charge is -2.20. The largest absolute Gasteiger partial charge is 0.488 e. The summed E-state index contributed by atoms with van der Waals surface area (Å²) in [5, 5.41) is 3.06. The van der Waals surface area contributed by atoms with Crippen molar-refractivity contribution in [1.29, 1.82) is 0 Å². The van der Waals surface area contributed by atoms with Crippen LogP contribution in [0, 0.1) is 13.8 Å². The Kier molecular flexibility index (Phi) is 5.89. The van der Waals surface area contributed by atoms with Gasteiger partial charge in [0.25, 0.3) is 5.91 Å². The zero-order valence-electron chi connectivity index (χ0n) is 15.6. The summed E-state index contributed by atoms with van der Waals surface area (Å²) in [6, 6.07) is 7.63. The molecule has 1 fully saturated rings. The first-order chi connectivity index (χ1) is 12.5. The first-order valence-electron chi connectivity index (χ1n) is 9.10. The number of rotatable bonds is 6. The molecule has 1 aromatic heterocycles. The molecule has 0 radical (unpaired) electrons. The van der Waals surface area contributed by atoms with E-state index in [0.29, 0.717) is 12.2 Å². The molecular formula is C21H26N2O3. The third-order valence-electron chi connectivity index (χ3n) is 4.71. The zero-order chi connectivity index (χ0) is 18.5. The molecule has 1 amide bonds. The highest BCUT2D eigenvalue weighted by atomic mass is 16.5. The van der Waals surface area contributed by atoms with Gasteiger partial charge in [0.2, 0.25) is 0 Å². The van der Waals surface area contributed by atoms with Crippen LogP contribution in [0.4, 0.5) is 0 Å². The highest BCUT2D eigenvalue weighted by Gasteiger charge is 2.24. The maximum absolute atomic E-state index is 12.6. The van der Waals surface area contributed by atoms with Gasteiger partial charge in [0.1, 0.15) is 12.4 Å². The summed E-state index contributed by atoms with van der Waals surface area (Å²) in [5.41, 5.74) is 3.56. The molecule has 1 N–H and O–H groups in total. The number of aryl methyl sites for hydroxylation is 2. The van der Waals surface area contributed by atoms with Crippen molar-refractivity contribution in [2.45, 2.75) is 52.4 Å². The number of pyridine rings is 1. The quantitative estimate of drug-likeness (QED) is 0.861. The van der Waals surface area contributed by atoms with Crippen molar-refractivity contribution in [3.05, 3.63) is 58.9 Å². The van der Waals surface area contributed by atoms with Gasteiger partial charge in [-0.25, -0.2) is 0 Å². The fourth-order valence-corrected chi connectivity index (χ4v) is 3.33. The van der Waals surface area contributed by atoms with Crippen LogP contribution in [0.1, 0.15) is 46.8 Å². The summed E-state index contributed by atoms with van der Waals surface area (Å²) in [6.45, 7) is 7.17. The predicted octanol–water partition coefficient (Wildman–Crippen LogP) is 3.57. The summed E-state index contributed by atoms with van der Waals surface area (Å²) in [5.74, 6) is 0.746. The second-order valence-corrected chi connectivity index (χ2v) is 6.90. The van der Waals surface area contributed by atoms with Crippen LogP contribution < -0.4 is 10.1 Å². The second kappa shape index (κ2) is 8.32. The average Bonchev–Trinajstić information content (AvgIpc) is 3.16. The van der Waals surface area contributed by atoms with Crippen molar-refractivity contribution >= 4 is 5.91 Å². The molecule has 1 saturated heterocycles. The van der Waals surface area contributed by atoms with E-state index in [9.17, 15) is 4.79 Å². The lowest BCUT2D eigenvalue weighted by molar-refractivity contribution is 0.0712. The van der Waals surface area contributed by atoms with Crippen LogP contribution in [0.25, 0.3) is 0 Å². The molecule has 0 aliphatic carbocycles. The van der Waals surface area contributed by atoms with E-state index < -0.39 is 0 Å². The van der Waals surface area contributed by atoms with Crippen molar-refractivity contribution in [3.8, 4) is 5.75 Å². The Balaban J connectivity index is 1.66. The number of nitrogens with one attached hydrogen (secondary N) is 1. The minimum absolute atomic E-state index is 0.00659. The number of ether oxygens (including phenoxy) is 2. The van der Waals surface area contributed by atoms with Gasteiger partial charge in [-0.1, -0.05) is 6.07 Å². The van der Waals surface area contributed by atoms with Gasteiger partial charge >= 0.3 is 0 Å². The van der Waals surface area contributed by atoms with Crippen molar-refractivity contribution in [1.82, 2.24) is 10.3 Å². The number of nitrogens with zero attached hydrogens (tertiary/aromatic N) is 1. The monoisotopic (exact) mass is 354 g/mol. The van der Waals surface area contributed by atoms with Gasteiger partial charge in [0.05, 0.1) is 12.1 Å². The summed E-state index contributed by atoms with van der Waals surface area (Å²) >= 11 is 0. The SMILES string of the molecule is Cc1cc(C(=O)N[C@H](C)[C@@H]2CCCO2)cc(C)c1OCc1cccnc1. The van der Waals surface area contributed by atoms with Crippen molar-refractivity contribution in [2.24, 2.45) is 0 Å². The number of carbonyl (C=O) groups excluding carboxylic acids is 1. The van der Waals surface area contributed by atoms with E-state index in [-0.39, 0.29) is 18.1 Å². The minimum Gasteiger partial charge on any atom is -0.488 e. The maximum atomic E-state index is 12.6. The van der Waals surface area contributed by atoms with Gasteiger partial charge in [0, 0.05) is 30.1 Å². The van der Waals surface area contributed by atoms with Crippen LogP contribution in [0.5, 0.6) is 5.75 Å². The van der Waals surface area contributed by atoms with E-state index >= 15 is 0 Å². The van der Waals surface area contributed by atoms with Gasteiger partial charge in [0.15, 0.2) is 0 Å². The highest BCUT2D eigenvalue weighted by molar-refractivity contribution is 5.95. The molecule has 0 bridgehead atoms. The Hall–Kier alpha value is -2.40. The molecule has 1 aliphatic rings. The average molecular weight is 354 g/mol. The Bertz CT molecular complexity index is 732. The molecule has 3 rings (SSSR count). The van der Waals surface area contributed by atoms with Gasteiger partial charge in [-0.2, -0.15) is 0 Å². The van der Waals surface area contributed by atoms with Crippen molar-refractivity contribution in [3.63, 3.8) is 0 Å². The zero-order valence-corrected chi connectivity index (χ0v) is 15.6. The molecular weight excluding hydrogens is 328 g/mol. The number of benzene rings is 1. The molecule has 1 aromatic carbocycles. The van der Waals surface area contributed by atoms with Crippen LogP contribution >= 0.6 is 0 Å². The van der Waals surface area contributed by atoms with E-state index in [1.165, 1.54) is 0 Å². The fraction of sp³-hybridized carbons (Fsp3) is 0.429.